The Kier molecular flexibility index (Phi) is 3.53. The molecule has 4 aromatic heterocycles. The summed E-state index contributed by atoms with van der Waals surface area (Å²) in [5.41, 5.74) is 2.75. The average Bonchev–Trinajstić information content (AvgIpc) is 3.17. The Morgan fingerprint density at radius 1 is 0.926 bits per heavy atom. The summed E-state index contributed by atoms with van der Waals surface area (Å²) < 4.78 is 7.47. The van der Waals surface area contributed by atoms with E-state index < -0.39 is 0 Å². The van der Waals surface area contributed by atoms with Gasteiger partial charge in [0, 0.05) is 47.3 Å². The molecule has 6 nitrogen and oxygen atoms in total. The number of pyridine rings is 2. The number of aromatic nitrogens is 5. The second-order valence-electron chi connectivity index (χ2n) is 6.12. The van der Waals surface area contributed by atoms with Crippen LogP contribution in [0.3, 0.4) is 0 Å². The summed E-state index contributed by atoms with van der Waals surface area (Å²) in [4.78, 5) is 18.0. The van der Waals surface area contributed by atoms with Crippen molar-refractivity contribution in [2.24, 2.45) is 0 Å². The predicted molar refractivity (Wildman–Crippen MR) is 104 cm³/mol. The average molecular weight is 353 g/mol. The zero-order chi connectivity index (χ0) is 18.2. The lowest BCUT2D eigenvalue weighted by atomic mass is 10.2. The largest absolute Gasteiger partial charge is 0.497 e. The van der Waals surface area contributed by atoms with Gasteiger partial charge in [-0.25, -0.2) is 9.97 Å². The first-order chi connectivity index (χ1) is 13.3. The molecule has 0 N–H and O–H groups in total. The van der Waals surface area contributed by atoms with Crippen LogP contribution < -0.4 is 4.74 Å². The third-order valence-corrected chi connectivity index (χ3v) is 4.52. The summed E-state index contributed by atoms with van der Waals surface area (Å²) in [6, 6.07) is 13.7. The van der Waals surface area contributed by atoms with E-state index in [4.69, 9.17) is 14.7 Å². The van der Waals surface area contributed by atoms with Crippen LogP contribution in [-0.4, -0.2) is 31.6 Å². The number of benzene rings is 1. The van der Waals surface area contributed by atoms with Gasteiger partial charge in [-0.2, -0.15) is 0 Å². The number of hydrogen-bond donors (Lipinski definition) is 0. The van der Waals surface area contributed by atoms with E-state index >= 15 is 0 Å². The standard InChI is InChI=1S/C21H15N5O/c1-27-16-4-5-18-17(11-16)21(25-20(24-18)15-3-2-8-22-13-15)26-10-7-14-12-23-9-6-19(14)26/h2-13H,1H3. The van der Waals surface area contributed by atoms with E-state index in [0.717, 1.165) is 38.9 Å². The topological polar surface area (TPSA) is 65.7 Å². The quantitative estimate of drug-likeness (QED) is 0.490. The summed E-state index contributed by atoms with van der Waals surface area (Å²) in [6.07, 6.45) is 9.14. The lowest BCUT2D eigenvalue weighted by molar-refractivity contribution is 0.415. The Labute approximate surface area is 155 Å². The van der Waals surface area contributed by atoms with Crippen molar-refractivity contribution in [3.63, 3.8) is 0 Å². The number of hydrogen-bond acceptors (Lipinski definition) is 5. The van der Waals surface area contributed by atoms with Crippen LogP contribution in [0.15, 0.2) is 73.4 Å². The van der Waals surface area contributed by atoms with Crippen molar-refractivity contribution in [3.8, 4) is 23.0 Å². The lowest BCUT2D eigenvalue weighted by Crippen LogP contribution is -2.02. The number of methoxy groups -OCH3 is 1. The third-order valence-electron chi connectivity index (χ3n) is 4.52. The highest BCUT2D eigenvalue weighted by molar-refractivity contribution is 5.91. The molecule has 0 spiro atoms. The molecule has 27 heavy (non-hydrogen) atoms. The van der Waals surface area contributed by atoms with Crippen LogP contribution >= 0.6 is 0 Å². The molecule has 0 aliphatic rings. The fourth-order valence-electron chi connectivity index (χ4n) is 3.19. The monoisotopic (exact) mass is 353 g/mol. The molecule has 0 atom stereocenters. The molecule has 0 aliphatic heterocycles. The van der Waals surface area contributed by atoms with Crippen molar-refractivity contribution in [3.05, 3.63) is 73.4 Å². The van der Waals surface area contributed by atoms with Crippen molar-refractivity contribution in [2.45, 2.75) is 0 Å². The number of rotatable bonds is 3. The van der Waals surface area contributed by atoms with Gasteiger partial charge in [-0.3, -0.25) is 9.97 Å². The summed E-state index contributed by atoms with van der Waals surface area (Å²) in [5.74, 6) is 2.19. The summed E-state index contributed by atoms with van der Waals surface area (Å²) >= 11 is 0. The molecule has 130 valence electrons. The smallest absolute Gasteiger partial charge is 0.163 e. The van der Waals surface area contributed by atoms with Gasteiger partial charge in [0.25, 0.3) is 0 Å². The Morgan fingerprint density at radius 3 is 2.70 bits per heavy atom. The van der Waals surface area contributed by atoms with Crippen LogP contribution in [0.25, 0.3) is 39.0 Å². The molecule has 5 rings (SSSR count). The predicted octanol–water partition coefficient (Wildman–Crippen LogP) is 4.04. The van der Waals surface area contributed by atoms with Gasteiger partial charge in [0.1, 0.15) is 11.6 Å². The number of ether oxygens (including phenoxy) is 1. The second kappa shape index (κ2) is 6.17. The van der Waals surface area contributed by atoms with Crippen LogP contribution in [0.4, 0.5) is 0 Å². The third kappa shape index (κ3) is 2.58. The van der Waals surface area contributed by atoms with E-state index in [1.807, 2.05) is 54.9 Å². The molecule has 0 fully saturated rings. The molecule has 0 saturated heterocycles. The molecule has 0 aliphatic carbocycles. The fraction of sp³-hybridized carbons (Fsp3) is 0.0476. The first-order valence-electron chi connectivity index (χ1n) is 8.51. The first kappa shape index (κ1) is 15.5. The molecule has 0 saturated carbocycles. The minimum absolute atomic E-state index is 0.631. The zero-order valence-corrected chi connectivity index (χ0v) is 14.6. The lowest BCUT2D eigenvalue weighted by Gasteiger charge is -2.12. The van der Waals surface area contributed by atoms with Crippen molar-refractivity contribution in [1.82, 2.24) is 24.5 Å². The van der Waals surface area contributed by atoms with Crippen molar-refractivity contribution in [1.29, 1.82) is 0 Å². The molecule has 0 unspecified atom stereocenters. The number of nitrogens with zero attached hydrogens (tertiary/aromatic N) is 5. The highest BCUT2D eigenvalue weighted by Gasteiger charge is 2.14. The minimum Gasteiger partial charge on any atom is -0.497 e. The Morgan fingerprint density at radius 2 is 1.85 bits per heavy atom. The molecule has 1 aromatic carbocycles. The molecule has 5 aromatic rings. The van der Waals surface area contributed by atoms with Gasteiger partial charge in [-0.05, 0) is 42.5 Å². The van der Waals surface area contributed by atoms with Gasteiger partial charge in [-0.15, -0.1) is 0 Å². The molecular weight excluding hydrogens is 338 g/mol. The Bertz CT molecular complexity index is 1260. The maximum Gasteiger partial charge on any atom is 0.163 e. The van der Waals surface area contributed by atoms with Crippen LogP contribution in [0, 0.1) is 0 Å². The second-order valence-corrected chi connectivity index (χ2v) is 6.12. The first-order valence-corrected chi connectivity index (χ1v) is 8.51. The van der Waals surface area contributed by atoms with Crippen LogP contribution in [-0.2, 0) is 0 Å². The van der Waals surface area contributed by atoms with E-state index in [1.54, 1.807) is 25.7 Å². The number of fused-ring (bicyclic) bond motifs is 2. The van der Waals surface area contributed by atoms with Crippen LogP contribution in [0.1, 0.15) is 0 Å². The molecule has 0 bridgehead atoms. The van der Waals surface area contributed by atoms with Crippen molar-refractivity contribution < 1.29 is 4.74 Å². The van der Waals surface area contributed by atoms with E-state index in [0.29, 0.717) is 5.82 Å². The van der Waals surface area contributed by atoms with E-state index in [1.165, 1.54) is 0 Å². The van der Waals surface area contributed by atoms with E-state index in [-0.39, 0.29) is 0 Å². The van der Waals surface area contributed by atoms with Crippen molar-refractivity contribution >= 4 is 21.8 Å². The maximum atomic E-state index is 5.41. The van der Waals surface area contributed by atoms with Crippen LogP contribution in [0.2, 0.25) is 0 Å². The van der Waals surface area contributed by atoms with Gasteiger partial charge in [-0.1, -0.05) is 0 Å². The highest BCUT2D eigenvalue weighted by atomic mass is 16.5. The molecular formula is C21H15N5O. The van der Waals surface area contributed by atoms with Crippen LogP contribution in [0.5, 0.6) is 5.75 Å². The summed E-state index contributed by atoms with van der Waals surface area (Å²) in [7, 11) is 1.66. The molecule has 6 heteroatoms. The maximum absolute atomic E-state index is 5.41. The van der Waals surface area contributed by atoms with E-state index in [9.17, 15) is 0 Å². The van der Waals surface area contributed by atoms with Gasteiger partial charge in [0.05, 0.1) is 18.1 Å². The summed E-state index contributed by atoms with van der Waals surface area (Å²) in [5, 5.41) is 1.96. The summed E-state index contributed by atoms with van der Waals surface area (Å²) in [6.45, 7) is 0. The minimum atomic E-state index is 0.631. The Balaban J connectivity index is 1.85. The Hall–Kier alpha value is -3.80. The van der Waals surface area contributed by atoms with Gasteiger partial charge in [0.2, 0.25) is 0 Å². The van der Waals surface area contributed by atoms with Gasteiger partial charge >= 0.3 is 0 Å². The molecule has 0 radical (unpaired) electrons. The zero-order valence-electron chi connectivity index (χ0n) is 14.6. The SMILES string of the molecule is COc1ccc2nc(-c3cccnc3)nc(-n3ccc4cnccc43)c2c1. The van der Waals surface area contributed by atoms with Gasteiger partial charge < -0.3 is 9.30 Å². The fourth-order valence-corrected chi connectivity index (χ4v) is 3.19. The van der Waals surface area contributed by atoms with Gasteiger partial charge in [0.15, 0.2) is 5.82 Å². The molecule has 4 heterocycles. The normalized spacial score (nSPS) is 11.1. The van der Waals surface area contributed by atoms with E-state index in [2.05, 4.69) is 14.5 Å². The molecule has 0 amide bonds. The highest BCUT2D eigenvalue weighted by Crippen LogP contribution is 2.29. The van der Waals surface area contributed by atoms with Crippen molar-refractivity contribution in [2.75, 3.05) is 7.11 Å².